The number of hydrogen-bond donors (Lipinski definition) is 0. The van der Waals surface area contributed by atoms with Crippen LogP contribution in [0.15, 0.2) is 51.8 Å². The SMILES string of the molecule is CCOc1cc(/C=C2/SC(=S)N(c3ccccc3)C2=O)c(Br)cc1OCC(=O)OC. The number of benzene rings is 2. The van der Waals surface area contributed by atoms with Crippen molar-refractivity contribution >= 4 is 67.9 Å². The molecule has 2 aromatic rings. The van der Waals surface area contributed by atoms with E-state index in [1.54, 1.807) is 18.2 Å². The third-order valence-electron chi connectivity index (χ3n) is 4.03. The molecule has 9 heteroatoms. The molecule has 1 aliphatic heterocycles. The molecule has 0 atom stereocenters. The topological polar surface area (TPSA) is 65.1 Å². The van der Waals surface area contributed by atoms with Crippen molar-refractivity contribution in [3.05, 3.63) is 57.4 Å². The molecule has 0 spiro atoms. The number of methoxy groups -OCH3 is 1. The molecule has 30 heavy (non-hydrogen) atoms. The lowest BCUT2D eigenvalue weighted by Crippen LogP contribution is -2.27. The minimum absolute atomic E-state index is 0.188. The number of ether oxygens (including phenoxy) is 3. The zero-order valence-corrected chi connectivity index (χ0v) is 19.4. The highest BCUT2D eigenvalue weighted by Crippen LogP contribution is 2.39. The van der Waals surface area contributed by atoms with Gasteiger partial charge in [-0.1, -0.05) is 58.1 Å². The second kappa shape index (κ2) is 10.1. The van der Waals surface area contributed by atoms with Crippen molar-refractivity contribution in [2.75, 3.05) is 25.2 Å². The number of thiocarbonyl (C=S) groups is 1. The molecule has 6 nitrogen and oxygen atoms in total. The van der Waals surface area contributed by atoms with Crippen molar-refractivity contribution in [2.24, 2.45) is 0 Å². The average molecular weight is 508 g/mol. The first-order valence-electron chi connectivity index (χ1n) is 8.93. The monoisotopic (exact) mass is 507 g/mol. The van der Waals surface area contributed by atoms with Gasteiger partial charge in [-0.3, -0.25) is 9.69 Å². The molecular formula is C21H18BrNO5S2. The standard InChI is InChI=1S/C21H18BrNO5S2/c1-3-27-16-9-13(15(22)11-17(16)28-12-19(24)26-2)10-18-20(25)23(21(29)30-18)14-7-5-4-6-8-14/h4-11H,3,12H2,1-2H3/b18-10+. The zero-order chi connectivity index (χ0) is 21.7. The Hall–Kier alpha value is -2.36. The molecule has 1 amide bonds. The van der Waals surface area contributed by atoms with E-state index in [0.717, 1.165) is 11.3 Å². The van der Waals surface area contributed by atoms with Crippen molar-refractivity contribution in [1.29, 1.82) is 0 Å². The summed E-state index contributed by atoms with van der Waals surface area (Å²) < 4.78 is 16.9. The molecule has 0 aliphatic carbocycles. The molecule has 0 N–H and O–H groups in total. The summed E-state index contributed by atoms with van der Waals surface area (Å²) in [6.45, 7) is 2.01. The number of halogens is 1. The highest BCUT2D eigenvalue weighted by molar-refractivity contribution is 9.10. The van der Waals surface area contributed by atoms with Gasteiger partial charge >= 0.3 is 5.97 Å². The van der Waals surface area contributed by atoms with Crippen LogP contribution < -0.4 is 14.4 Å². The number of anilines is 1. The average Bonchev–Trinajstić information content (AvgIpc) is 3.02. The summed E-state index contributed by atoms with van der Waals surface area (Å²) in [6.07, 6.45) is 1.75. The Morgan fingerprint density at radius 3 is 2.57 bits per heavy atom. The van der Waals surface area contributed by atoms with Crippen LogP contribution in [0.5, 0.6) is 11.5 Å². The Bertz CT molecular complexity index is 1010. The Kier molecular flexibility index (Phi) is 7.52. The molecule has 0 bridgehead atoms. The van der Waals surface area contributed by atoms with Crippen LogP contribution in [0.25, 0.3) is 6.08 Å². The highest BCUT2D eigenvalue weighted by atomic mass is 79.9. The number of hydrogen-bond acceptors (Lipinski definition) is 7. The molecule has 156 valence electrons. The van der Waals surface area contributed by atoms with Gasteiger partial charge in [0, 0.05) is 4.47 Å². The number of esters is 1. The molecule has 0 saturated carbocycles. The Morgan fingerprint density at radius 2 is 1.90 bits per heavy atom. The van der Waals surface area contributed by atoms with Gasteiger partial charge in [0.1, 0.15) is 0 Å². The third kappa shape index (κ3) is 5.03. The second-order valence-electron chi connectivity index (χ2n) is 5.97. The fourth-order valence-corrected chi connectivity index (χ4v) is 4.37. The lowest BCUT2D eigenvalue weighted by atomic mass is 10.1. The first kappa shape index (κ1) is 22.3. The molecule has 0 radical (unpaired) electrons. The van der Waals surface area contributed by atoms with Gasteiger partial charge in [-0.05, 0) is 42.8 Å². The summed E-state index contributed by atoms with van der Waals surface area (Å²) >= 11 is 10.1. The fourth-order valence-electron chi connectivity index (χ4n) is 2.65. The lowest BCUT2D eigenvalue weighted by Gasteiger charge is -2.14. The van der Waals surface area contributed by atoms with E-state index in [9.17, 15) is 9.59 Å². The molecule has 1 aliphatic rings. The van der Waals surface area contributed by atoms with E-state index in [2.05, 4.69) is 20.7 Å². The second-order valence-corrected chi connectivity index (χ2v) is 8.50. The smallest absolute Gasteiger partial charge is 0.343 e. The van der Waals surface area contributed by atoms with Crippen molar-refractivity contribution in [3.63, 3.8) is 0 Å². The Morgan fingerprint density at radius 1 is 1.20 bits per heavy atom. The van der Waals surface area contributed by atoms with E-state index in [0.29, 0.717) is 31.8 Å². The predicted molar refractivity (Wildman–Crippen MR) is 125 cm³/mol. The molecule has 1 heterocycles. The Labute approximate surface area is 192 Å². The van der Waals surface area contributed by atoms with E-state index < -0.39 is 5.97 Å². The normalized spacial score (nSPS) is 14.9. The maximum absolute atomic E-state index is 12.9. The number of carbonyl (C=O) groups excluding carboxylic acids is 2. The van der Waals surface area contributed by atoms with Crippen LogP contribution in [0.2, 0.25) is 0 Å². The van der Waals surface area contributed by atoms with Crippen LogP contribution in [0.3, 0.4) is 0 Å². The molecule has 0 aromatic heterocycles. The molecule has 2 aromatic carbocycles. The zero-order valence-electron chi connectivity index (χ0n) is 16.2. The van der Waals surface area contributed by atoms with Crippen LogP contribution >= 0.6 is 39.9 Å². The Balaban J connectivity index is 1.91. The van der Waals surface area contributed by atoms with Gasteiger partial charge in [0.15, 0.2) is 22.4 Å². The maximum atomic E-state index is 12.9. The van der Waals surface area contributed by atoms with Gasteiger partial charge in [0.25, 0.3) is 5.91 Å². The molecular weight excluding hydrogens is 490 g/mol. The predicted octanol–water partition coefficient (Wildman–Crippen LogP) is 4.81. The van der Waals surface area contributed by atoms with Crippen LogP contribution in [0, 0.1) is 0 Å². The quantitative estimate of drug-likeness (QED) is 0.302. The fraction of sp³-hybridized carbons (Fsp3) is 0.190. The van der Waals surface area contributed by atoms with Gasteiger partial charge in [-0.25, -0.2) is 4.79 Å². The summed E-state index contributed by atoms with van der Waals surface area (Å²) in [4.78, 5) is 26.3. The number of amides is 1. The van der Waals surface area contributed by atoms with Gasteiger partial charge in [0.2, 0.25) is 0 Å². The van der Waals surface area contributed by atoms with Crippen LogP contribution in [0.4, 0.5) is 5.69 Å². The summed E-state index contributed by atoms with van der Waals surface area (Å²) in [5, 5.41) is 0. The van der Waals surface area contributed by atoms with E-state index >= 15 is 0 Å². The highest BCUT2D eigenvalue weighted by Gasteiger charge is 2.33. The first-order chi connectivity index (χ1) is 14.4. The lowest BCUT2D eigenvalue weighted by molar-refractivity contribution is -0.142. The van der Waals surface area contributed by atoms with E-state index in [-0.39, 0.29) is 12.5 Å². The van der Waals surface area contributed by atoms with Crippen molar-refractivity contribution in [2.45, 2.75) is 6.92 Å². The number of carbonyl (C=O) groups is 2. The minimum Gasteiger partial charge on any atom is -0.490 e. The number of thioether (sulfide) groups is 1. The summed E-state index contributed by atoms with van der Waals surface area (Å²) in [6, 6.07) is 12.7. The number of rotatable bonds is 7. The van der Waals surface area contributed by atoms with E-state index in [1.165, 1.54) is 23.8 Å². The van der Waals surface area contributed by atoms with Gasteiger partial charge in [-0.2, -0.15) is 0 Å². The number of para-hydroxylation sites is 1. The molecule has 0 unspecified atom stereocenters. The molecule has 1 fully saturated rings. The molecule has 3 rings (SSSR count). The van der Waals surface area contributed by atoms with E-state index in [1.807, 2.05) is 37.3 Å². The van der Waals surface area contributed by atoms with Crippen molar-refractivity contribution < 1.29 is 23.8 Å². The summed E-state index contributed by atoms with van der Waals surface area (Å²) in [5.74, 6) is 0.159. The van der Waals surface area contributed by atoms with Crippen molar-refractivity contribution in [1.82, 2.24) is 0 Å². The number of nitrogens with zero attached hydrogens (tertiary/aromatic N) is 1. The maximum Gasteiger partial charge on any atom is 0.343 e. The largest absolute Gasteiger partial charge is 0.490 e. The minimum atomic E-state index is -0.498. The van der Waals surface area contributed by atoms with Crippen LogP contribution in [-0.2, 0) is 14.3 Å². The van der Waals surface area contributed by atoms with Gasteiger partial charge in [-0.15, -0.1) is 0 Å². The van der Waals surface area contributed by atoms with E-state index in [4.69, 9.17) is 21.7 Å². The summed E-state index contributed by atoms with van der Waals surface area (Å²) in [5.41, 5.74) is 1.45. The van der Waals surface area contributed by atoms with Crippen LogP contribution in [0.1, 0.15) is 12.5 Å². The van der Waals surface area contributed by atoms with Gasteiger partial charge in [0.05, 0.1) is 24.3 Å². The van der Waals surface area contributed by atoms with Crippen molar-refractivity contribution in [3.8, 4) is 11.5 Å². The van der Waals surface area contributed by atoms with Crippen LogP contribution in [-0.4, -0.2) is 36.5 Å². The molecule has 1 saturated heterocycles. The summed E-state index contributed by atoms with van der Waals surface area (Å²) in [7, 11) is 1.29. The first-order valence-corrected chi connectivity index (χ1v) is 10.9. The van der Waals surface area contributed by atoms with Gasteiger partial charge < -0.3 is 14.2 Å². The third-order valence-corrected chi connectivity index (χ3v) is 6.02.